The lowest BCUT2D eigenvalue weighted by molar-refractivity contribution is -0.148. The van der Waals surface area contributed by atoms with E-state index in [1.54, 1.807) is 0 Å². The maximum atomic E-state index is 12.3. The maximum absolute atomic E-state index is 12.3. The number of nitrogens with zero attached hydrogens (tertiary/aromatic N) is 2. The molecule has 124 valence electrons. The van der Waals surface area contributed by atoms with E-state index >= 15 is 0 Å². The molecular formula is C12H22F3N3O3. The van der Waals surface area contributed by atoms with Gasteiger partial charge < -0.3 is 20.2 Å². The van der Waals surface area contributed by atoms with Crippen molar-refractivity contribution in [3.63, 3.8) is 0 Å². The second-order valence-corrected chi connectivity index (χ2v) is 5.02. The summed E-state index contributed by atoms with van der Waals surface area (Å²) >= 11 is 0. The molecule has 0 atom stereocenters. The third-order valence-electron chi connectivity index (χ3n) is 2.83. The quantitative estimate of drug-likeness (QED) is 0.664. The number of hydrogen-bond donors (Lipinski definition) is 2. The van der Waals surface area contributed by atoms with Crippen LogP contribution < -0.4 is 5.32 Å². The Bertz CT molecular complexity index is 348. The van der Waals surface area contributed by atoms with Crippen LogP contribution in [0.2, 0.25) is 0 Å². The fourth-order valence-corrected chi connectivity index (χ4v) is 1.47. The lowest BCUT2D eigenvalue weighted by atomic mass is 10.3. The van der Waals surface area contributed by atoms with Crippen LogP contribution in [-0.2, 0) is 4.79 Å². The first-order valence-corrected chi connectivity index (χ1v) is 6.54. The van der Waals surface area contributed by atoms with Crippen molar-refractivity contribution in [1.82, 2.24) is 15.1 Å². The molecule has 6 nitrogen and oxygen atoms in total. The highest BCUT2D eigenvalue weighted by molar-refractivity contribution is 5.80. The van der Waals surface area contributed by atoms with Crippen molar-refractivity contribution in [2.75, 3.05) is 33.2 Å². The van der Waals surface area contributed by atoms with Gasteiger partial charge in [-0.1, -0.05) is 0 Å². The predicted octanol–water partition coefficient (Wildman–Crippen LogP) is 1.38. The molecule has 2 amide bonds. The summed E-state index contributed by atoms with van der Waals surface area (Å²) in [6, 6.07) is -0.698. The number of nitrogens with one attached hydrogen (secondary N) is 1. The molecule has 0 aromatic rings. The molecule has 0 spiro atoms. The summed E-state index contributed by atoms with van der Waals surface area (Å²) < 4.78 is 36.8. The Labute approximate surface area is 121 Å². The molecular weight excluding hydrogens is 291 g/mol. The Balaban J connectivity index is 4.26. The number of carbonyl (C=O) groups is 2. The molecule has 0 unspecified atom stereocenters. The summed E-state index contributed by atoms with van der Waals surface area (Å²) in [7, 11) is 1.90. The zero-order valence-corrected chi connectivity index (χ0v) is 12.4. The summed E-state index contributed by atoms with van der Waals surface area (Å²) in [5, 5.41) is 10.8. The normalized spacial score (nSPS) is 11.8. The molecule has 0 saturated heterocycles. The number of carbonyl (C=O) groups excluding carboxylic acids is 1. The number of rotatable bonds is 8. The Morgan fingerprint density at radius 1 is 1.29 bits per heavy atom. The van der Waals surface area contributed by atoms with Gasteiger partial charge in [0.1, 0.15) is 13.1 Å². The molecule has 0 aliphatic rings. The zero-order chi connectivity index (χ0) is 16.6. The van der Waals surface area contributed by atoms with Crippen molar-refractivity contribution in [1.29, 1.82) is 0 Å². The molecule has 0 fully saturated rings. The van der Waals surface area contributed by atoms with Crippen molar-refractivity contribution >= 4 is 12.0 Å². The van der Waals surface area contributed by atoms with Gasteiger partial charge in [-0.15, -0.1) is 0 Å². The fraction of sp³-hybridized carbons (Fsp3) is 0.833. The lowest BCUT2D eigenvalue weighted by Crippen LogP contribution is -2.47. The predicted molar refractivity (Wildman–Crippen MR) is 71.0 cm³/mol. The van der Waals surface area contributed by atoms with Crippen molar-refractivity contribution in [2.45, 2.75) is 32.5 Å². The van der Waals surface area contributed by atoms with Crippen LogP contribution in [-0.4, -0.2) is 72.4 Å². The molecule has 0 rings (SSSR count). The Morgan fingerprint density at radius 2 is 1.86 bits per heavy atom. The summed E-state index contributed by atoms with van der Waals surface area (Å²) in [6.07, 6.45) is -4.07. The van der Waals surface area contributed by atoms with Gasteiger partial charge >= 0.3 is 18.2 Å². The number of hydrogen-bond acceptors (Lipinski definition) is 3. The largest absolute Gasteiger partial charge is 0.480 e. The molecule has 21 heavy (non-hydrogen) atoms. The number of amides is 2. The molecule has 0 saturated carbocycles. The van der Waals surface area contributed by atoms with Crippen LogP contribution in [0.25, 0.3) is 0 Å². The van der Waals surface area contributed by atoms with Crippen molar-refractivity contribution in [3.8, 4) is 0 Å². The second-order valence-electron chi connectivity index (χ2n) is 5.02. The van der Waals surface area contributed by atoms with Gasteiger partial charge in [0, 0.05) is 12.6 Å². The van der Waals surface area contributed by atoms with Crippen LogP contribution in [0.15, 0.2) is 0 Å². The standard InChI is InChI=1S/C12H22F3N3O3/c1-9(2)17(3)6-4-5-16-11(21)18(7-10(19)20)8-12(13,14)15/h9H,4-8H2,1-3H3,(H,16,21)(H,19,20). The molecule has 0 heterocycles. The van der Waals surface area contributed by atoms with Gasteiger partial charge in [-0.05, 0) is 33.9 Å². The third-order valence-corrected chi connectivity index (χ3v) is 2.83. The van der Waals surface area contributed by atoms with Crippen LogP contribution in [0, 0.1) is 0 Å². The van der Waals surface area contributed by atoms with E-state index in [-0.39, 0.29) is 11.4 Å². The Morgan fingerprint density at radius 3 is 2.29 bits per heavy atom. The van der Waals surface area contributed by atoms with Gasteiger partial charge in [-0.3, -0.25) is 4.79 Å². The topological polar surface area (TPSA) is 72.9 Å². The van der Waals surface area contributed by atoms with Crippen LogP contribution in [0.3, 0.4) is 0 Å². The summed E-state index contributed by atoms with van der Waals surface area (Å²) in [5.74, 6) is -1.49. The van der Waals surface area contributed by atoms with Gasteiger partial charge in [-0.25, -0.2) is 4.79 Å². The monoisotopic (exact) mass is 313 g/mol. The highest BCUT2D eigenvalue weighted by Crippen LogP contribution is 2.16. The van der Waals surface area contributed by atoms with Gasteiger partial charge in [0.25, 0.3) is 0 Å². The first-order valence-electron chi connectivity index (χ1n) is 6.54. The van der Waals surface area contributed by atoms with Gasteiger partial charge in [0.05, 0.1) is 0 Å². The number of urea groups is 1. The van der Waals surface area contributed by atoms with Gasteiger partial charge in [0.2, 0.25) is 0 Å². The van der Waals surface area contributed by atoms with E-state index in [1.165, 1.54) is 0 Å². The highest BCUT2D eigenvalue weighted by atomic mass is 19.4. The highest BCUT2D eigenvalue weighted by Gasteiger charge is 2.33. The Kier molecular flexibility index (Phi) is 8.08. The summed E-state index contributed by atoms with van der Waals surface area (Å²) in [6.45, 7) is 2.28. The molecule has 0 bridgehead atoms. The lowest BCUT2D eigenvalue weighted by Gasteiger charge is -2.23. The van der Waals surface area contributed by atoms with E-state index < -0.39 is 31.3 Å². The molecule has 2 N–H and O–H groups in total. The molecule has 9 heteroatoms. The minimum absolute atomic E-state index is 0.184. The zero-order valence-electron chi connectivity index (χ0n) is 12.4. The Hall–Kier alpha value is -1.51. The minimum Gasteiger partial charge on any atom is -0.480 e. The average Bonchev–Trinajstić information content (AvgIpc) is 2.30. The van der Waals surface area contributed by atoms with E-state index in [1.807, 2.05) is 25.8 Å². The SMILES string of the molecule is CC(C)N(C)CCCNC(=O)N(CC(=O)O)CC(F)(F)F. The fourth-order valence-electron chi connectivity index (χ4n) is 1.47. The first-order chi connectivity index (χ1) is 9.53. The summed E-state index contributed by atoms with van der Waals surface area (Å²) in [5.41, 5.74) is 0. The number of alkyl halides is 3. The van der Waals surface area contributed by atoms with Crippen LogP contribution in [0.5, 0.6) is 0 Å². The van der Waals surface area contributed by atoms with Crippen molar-refractivity contribution in [3.05, 3.63) is 0 Å². The van der Waals surface area contributed by atoms with E-state index in [9.17, 15) is 22.8 Å². The average molecular weight is 313 g/mol. The number of carboxylic acid groups (broad SMARTS) is 1. The van der Waals surface area contributed by atoms with E-state index in [2.05, 4.69) is 5.32 Å². The molecule has 0 aliphatic heterocycles. The van der Waals surface area contributed by atoms with Crippen molar-refractivity contribution in [2.24, 2.45) is 0 Å². The van der Waals surface area contributed by atoms with Crippen LogP contribution in [0.4, 0.5) is 18.0 Å². The second kappa shape index (κ2) is 8.71. The minimum atomic E-state index is -4.63. The number of aliphatic carboxylic acids is 1. The van der Waals surface area contributed by atoms with E-state index in [0.29, 0.717) is 19.0 Å². The number of carboxylic acids is 1. The third kappa shape index (κ3) is 9.94. The molecule has 0 aliphatic carbocycles. The maximum Gasteiger partial charge on any atom is 0.406 e. The van der Waals surface area contributed by atoms with E-state index in [4.69, 9.17) is 5.11 Å². The smallest absolute Gasteiger partial charge is 0.406 e. The molecule has 0 radical (unpaired) electrons. The summed E-state index contributed by atoms with van der Waals surface area (Å²) in [4.78, 5) is 24.3. The number of halogens is 3. The van der Waals surface area contributed by atoms with Crippen LogP contribution in [0.1, 0.15) is 20.3 Å². The van der Waals surface area contributed by atoms with Gasteiger partial charge in [-0.2, -0.15) is 13.2 Å². The van der Waals surface area contributed by atoms with Crippen LogP contribution >= 0.6 is 0 Å². The molecule has 0 aromatic heterocycles. The molecule has 0 aromatic carbocycles. The van der Waals surface area contributed by atoms with Crippen molar-refractivity contribution < 1.29 is 27.9 Å². The first kappa shape index (κ1) is 19.5. The van der Waals surface area contributed by atoms with E-state index in [0.717, 1.165) is 0 Å². The van der Waals surface area contributed by atoms with Gasteiger partial charge in [0.15, 0.2) is 0 Å².